The SMILES string of the molecule is CC(C)(C)CC(=O)OC1CCC(N2C(=O)c3ccccc3C2=O)C1. The summed E-state index contributed by atoms with van der Waals surface area (Å²) in [7, 11) is 0. The maximum atomic E-state index is 12.5. The molecule has 1 heterocycles. The van der Waals surface area contributed by atoms with Crippen LogP contribution in [0.5, 0.6) is 0 Å². The molecule has 1 aromatic rings. The van der Waals surface area contributed by atoms with Crippen molar-refractivity contribution in [3.05, 3.63) is 35.4 Å². The van der Waals surface area contributed by atoms with E-state index in [0.717, 1.165) is 0 Å². The van der Waals surface area contributed by atoms with E-state index in [1.165, 1.54) is 4.90 Å². The lowest BCUT2D eigenvalue weighted by Crippen LogP contribution is -2.38. The van der Waals surface area contributed by atoms with E-state index in [2.05, 4.69) is 0 Å². The van der Waals surface area contributed by atoms with E-state index in [9.17, 15) is 14.4 Å². The first kappa shape index (κ1) is 16.7. The second-order valence-electron chi connectivity index (χ2n) is 7.84. The van der Waals surface area contributed by atoms with Crippen molar-refractivity contribution in [3.63, 3.8) is 0 Å². The summed E-state index contributed by atoms with van der Waals surface area (Å²) in [5.74, 6) is -0.681. The fourth-order valence-corrected chi connectivity index (χ4v) is 3.46. The molecule has 3 rings (SSSR count). The average Bonchev–Trinajstić information content (AvgIpc) is 3.01. The molecule has 2 amide bonds. The first-order chi connectivity index (χ1) is 11.3. The van der Waals surface area contributed by atoms with Gasteiger partial charge in [0.25, 0.3) is 11.8 Å². The molecule has 0 spiro atoms. The average molecular weight is 329 g/mol. The zero-order valence-corrected chi connectivity index (χ0v) is 14.4. The van der Waals surface area contributed by atoms with E-state index in [-0.39, 0.29) is 35.3 Å². The second-order valence-corrected chi connectivity index (χ2v) is 7.84. The minimum absolute atomic E-state index is 0.113. The van der Waals surface area contributed by atoms with Gasteiger partial charge in [0.05, 0.1) is 17.5 Å². The number of carbonyl (C=O) groups is 3. The molecular weight excluding hydrogens is 306 g/mol. The standard InChI is InChI=1S/C19H23NO4/c1-19(2,3)11-16(21)24-13-9-8-12(10-13)20-17(22)14-6-4-5-7-15(14)18(20)23/h4-7,12-13H,8-11H2,1-3H3. The van der Waals surface area contributed by atoms with Crippen LogP contribution in [0.4, 0.5) is 0 Å². The summed E-state index contributed by atoms with van der Waals surface area (Å²) in [5.41, 5.74) is 0.823. The van der Waals surface area contributed by atoms with Gasteiger partial charge in [-0.15, -0.1) is 0 Å². The number of imide groups is 1. The van der Waals surface area contributed by atoms with Crippen LogP contribution in [0.3, 0.4) is 0 Å². The van der Waals surface area contributed by atoms with E-state index in [4.69, 9.17) is 4.74 Å². The predicted molar refractivity (Wildman–Crippen MR) is 88.5 cm³/mol. The van der Waals surface area contributed by atoms with Gasteiger partial charge in [-0.1, -0.05) is 32.9 Å². The second kappa shape index (κ2) is 6.04. The molecule has 0 saturated heterocycles. The van der Waals surface area contributed by atoms with Gasteiger partial charge in [0.1, 0.15) is 6.10 Å². The number of amides is 2. The van der Waals surface area contributed by atoms with Gasteiger partial charge in [-0.25, -0.2) is 0 Å². The van der Waals surface area contributed by atoms with E-state index in [1.807, 2.05) is 20.8 Å². The number of fused-ring (bicyclic) bond motifs is 1. The van der Waals surface area contributed by atoms with Crippen molar-refractivity contribution in [1.29, 1.82) is 0 Å². The van der Waals surface area contributed by atoms with Crippen LogP contribution in [-0.2, 0) is 9.53 Å². The highest BCUT2D eigenvalue weighted by Crippen LogP contribution is 2.33. The van der Waals surface area contributed by atoms with Crippen LogP contribution >= 0.6 is 0 Å². The number of hydrogen-bond donors (Lipinski definition) is 0. The Balaban J connectivity index is 1.64. The molecule has 0 bridgehead atoms. The van der Waals surface area contributed by atoms with Gasteiger partial charge in [0, 0.05) is 12.5 Å². The summed E-state index contributed by atoms with van der Waals surface area (Å²) in [6.07, 6.45) is 2.05. The molecule has 1 aromatic carbocycles. The van der Waals surface area contributed by atoms with E-state index < -0.39 is 0 Å². The normalized spacial score (nSPS) is 23.5. The third-order valence-corrected chi connectivity index (χ3v) is 4.52. The molecule has 2 atom stereocenters. The van der Waals surface area contributed by atoms with Gasteiger partial charge in [-0.3, -0.25) is 19.3 Å². The van der Waals surface area contributed by atoms with Crippen molar-refractivity contribution in [3.8, 4) is 0 Å². The summed E-state index contributed by atoms with van der Waals surface area (Å²) >= 11 is 0. The number of benzene rings is 1. The van der Waals surface area contributed by atoms with Crippen LogP contribution in [0.1, 0.15) is 67.2 Å². The molecule has 5 heteroatoms. The van der Waals surface area contributed by atoms with Crippen molar-refractivity contribution in [2.75, 3.05) is 0 Å². The van der Waals surface area contributed by atoms with Gasteiger partial charge >= 0.3 is 5.97 Å². The third-order valence-electron chi connectivity index (χ3n) is 4.52. The van der Waals surface area contributed by atoms with Gasteiger partial charge in [0.15, 0.2) is 0 Å². The van der Waals surface area contributed by atoms with E-state index in [0.29, 0.717) is 36.8 Å². The number of ether oxygens (including phenoxy) is 1. The Hall–Kier alpha value is -2.17. The van der Waals surface area contributed by atoms with E-state index in [1.54, 1.807) is 24.3 Å². The fourth-order valence-electron chi connectivity index (χ4n) is 3.46. The zero-order valence-electron chi connectivity index (χ0n) is 14.4. The molecule has 1 aliphatic carbocycles. The lowest BCUT2D eigenvalue weighted by molar-refractivity contribution is -0.150. The molecule has 24 heavy (non-hydrogen) atoms. The van der Waals surface area contributed by atoms with Crippen molar-refractivity contribution < 1.29 is 19.1 Å². The van der Waals surface area contributed by atoms with Gasteiger partial charge < -0.3 is 4.74 Å². The molecule has 2 unspecified atom stereocenters. The monoisotopic (exact) mass is 329 g/mol. The number of hydrogen-bond acceptors (Lipinski definition) is 4. The van der Waals surface area contributed by atoms with Crippen LogP contribution < -0.4 is 0 Å². The molecule has 5 nitrogen and oxygen atoms in total. The van der Waals surface area contributed by atoms with Crippen molar-refractivity contribution in [2.45, 2.75) is 58.6 Å². The van der Waals surface area contributed by atoms with Gasteiger partial charge in [0.2, 0.25) is 0 Å². The number of nitrogens with zero attached hydrogens (tertiary/aromatic N) is 1. The quantitative estimate of drug-likeness (QED) is 0.631. The Morgan fingerprint density at radius 1 is 1.12 bits per heavy atom. The van der Waals surface area contributed by atoms with Crippen molar-refractivity contribution >= 4 is 17.8 Å². The summed E-state index contributed by atoms with van der Waals surface area (Å²) in [4.78, 5) is 38.3. The first-order valence-corrected chi connectivity index (χ1v) is 8.43. The number of esters is 1. The topological polar surface area (TPSA) is 63.7 Å². The highest BCUT2D eigenvalue weighted by atomic mass is 16.5. The van der Waals surface area contributed by atoms with Crippen LogP contribution in [0, 0.1) is 5.41 Å². The Morgan fingerprint density at radius 2 is 1.71 bits per heavy atom. The summed E-state index contributed by atoms with van der Waals surface area (Å²) in [6.45, 7) is 5.97. The maximum absolute atomic E-state index is 12.5. The Morgan fingerprint density at radius 3 is 2.25 bits per heavy atom. The summed E-state index contributed by atoms with van der Waals surface area (Å²) < 4.78 is 5.54. The third kappa shape index (κ3) is 3.21. The Labute approximate surface area is 142 Å². The lowest BCUT2D eigenvalue weighted by atomic mass is 9.92. The highest BCUT2D eigenvalue weighted by molar-refractivity contribution is 6.21. The molecular formula is C19H23NO4. The predicted octanol–water partition coefficient (Wildman–Crippen LogP) is 3.18. The van der Waals surface area contributed by atoms with Crippen LogP contribution in [0.2, 0.25) is 0 Å². The van der Waals surface area contributed by atoms with Crippen molar-refractivity contribution in [1.82, 2.24) is 4.90 Å². The van der Waals surface area contributed by atoms with Crippen molar-refractivity contribution in [2.24, 2.45) is 5.41 Å². The van der Waals surface area contributed by atoms with Crippen LogP contribution in [0.15, 0.2) is 24.3 Å². The lowest BCUT2D eigenvalue weighted by Gasteiger charge is -2.22. The molecule has 0 N–H and O–H groups in total. The molecule has 2 aliphatic rings. The van der Waals surface area contributed by atoms with Crippen LogP contribution in [0.25, 0.3) is 0 Å². The number of carbonyl (C=O) groups excluding carboxylic acids is 3. The molecule has 1 saturated carbocycles. The van der Waals surface area contributed by atoms with E-state index >= 15 is 0 Å². The molecule has 1 fully saturated rings. The number of rotatable bonds is 3. The Kier molecular flexibility index (Phi) is 4.20. The Bertz CT molecular complexity index is 654. The summed E-state index contributed by atoms with van der Waals surface area (Å²) in [6, 6.07) is 6.71. The summed E-state index contributed by atoms with van der Waals surface area (Å²) in [5, 5.41) is 0. The van der Waals surface area contributed by atoms with Gasteiger partial charge in [-0.05, 0) is 30.4 Å². The highest BCUT2D eigenvalue weighted by Gasteiger charge is 2.43. The maximum Gasteiger partial charge on any atom is 0.306 e. The molecule has 128 valence electrons. The molecule has 0 radical (unpaired) electrons. The zero-order chi connectivity index (χ0) is 17.5. The minimum atomic E-state index is -0.234. The molecule has 1 aliphatic heterocycles. The van der Waals surface area contributed by atoms with Gasteiger partial charge in [-0.2, -0.15) is 0 Å². The molecule has 0 aromatic heterocycles. The minimum Gasteiger partial charge on any atom is -0.462 e. The largest absolute Gasteiger partial charge is 0.462 e. The van der Waals surface area contributed by atoms with Crippen LogP contribution in [-0.4, -0.2) is 34.8 Å². The smallest absolute Gasteiger partial charge is 0.306 e. The fraction of sp³-hybridized carbons (Fsp3) is 0.526. The first-order valence-electron chi connectivity index (χ1n) is 8.43.